The molecular weight excluding hydrogens is 374 g/mol. The minimum Gasteiger partial charge on any atom is -0.507 e. The average molecular weight is 399 g/mol. The molecule has 1 saturated heterocycles. The third-order valence-electron chi connectivity index (χ3n) is 4.72. The molecule has 1 aromatic carbocycles. The Morgan fingerprint density at radius 3 is 2.41 bits per heavy atom. The van der Waals surface area contributed by atoms with E-state index in [2.05, 4.69) is 0 Å². The van der Waals surface area contributed by atoms with Crippen LogP contribution in [-0.2, 0) is 14.3 Å². The molecule has 0 spiro atoms. The molecule has 7 nitrogen and oxygen atoms in total. The molecule has 2 aromatic rings. The second-order valence-electron chi connectivity index (χ2n) is 7.09. The molecule has 0 radical (unpaired) electrons. The predicted octanol–water partition coefficient (Wildman–Crippen LogP) is 3.44. The summed E-state index contributed by atoms with van der Waals surface area (Å²) in [5.74, 6) is -0.00783. The maximum atomic E-state index is 12.8. The van der Waals surface area contributed by atoms with E-state index in [0.29, 0.717) is 22.8 Å². The number of furan rings is 1. The van der Waals surface area contributed by atoms with Gasteiger partial charge in [-0.2, -0.15) is 0 Å². The summed E-state index contributed by atoms with van der Waals surface area (Å²) in [6.07, 6.45) is -0.00423. The number of carbonyl (C=O) groups is 2. The van der Waals surface area contributed by atoms with Gasteiger partial charge < -0.3 is 23.9 Å². The maximum absolute atomic E-state index is 12.8. The molecule has 0 aliphatic carbocycles. The van der Waals surface area contributed by atoms with Gasteiger partial charge in [0.05, 0.1) is 25.4 Å². The van der Waals surface area contributed by atoms with Gasteiger partial charge in [-0.15, -0.1) is 0 Å². The van der Waals surface area contributed by atoms with Crippen molar-refractivity contribution in [3.05, 3.63) is 59.1 Å². The molecule has 1 N–H and O–H groups in total. The third kappa shape index (κ3) is 4.19. The van der Waals surface area contributed by atoms with Crippen LogP contribution in [0.2, 0.25) is 0 Å². The quantitative estimate of drug-likeness (QED) is 0.436. The number of hydrogen-bond donors (Lipinski definition) is 1. The van der Waals surface area contributed by atoms with Crippen LogP contribution in [-0.4, -0.2) is 48.1 Å². The summed E-state index contributed by atoms with van der Waals surface area (Å²) in [5.41, 5.74) is 0.412. The number of amides is 1. The van der Waals surface area contributed by atoms with Crippen molar-refractivity contribution in [3.8, 4) is 5.75 Å². The zero-order valence-corrected chi connectivity index (χ0v) is 17.0. The highest BCUT2D eigenvalue weighted by molar-refractivity contribution is 6.46. The highest BCUT2D eigenvalue weighted by atomic mass is 16.5. The highest BCUT2D eigenvalue weighted by Crippen LogP contribution is 2.40. The van der Waals surface area contributed by atoms with Crippen LogP contribution in [0.1, 0.15) is 37.0 Å². The number of aryl methyl sites for hydroxylation is 1. The molecule has 154 valence electrons. The van der Waals surface area contributed by atoms with Gasteiger partial charge in [-0.25, -0.2) is 0 Å². The van der Waals surface area contributed by atoms with Gasteiger partial charge in [0.15, 0.2) is 0 Å². The second-order valence-corrected chi connectivity index (χ2v) is 7.09. The molecule has 1 fully saturated rings. The molecular formula is C22H25NO6. The molecule has 1 aliphatic rings. The number of ether oxygens (including phenoxy) is 2. The van der Waals surface area contributed by atoms with E-state index < -0.39 is 17.7 Å². The van der Waals surface area contributed by atoms with Gasteiger partial charge >= 0.3 is 0 Å². The Kier molecular flexibility index (Phi) is 6.08. The Labute approximate surface area is 169 Å². The van der Waals surface area contributed by atoms with Crippen molar-refractivity contribution in [1.29, 1.82) is 0 Å². The highest BCUT2D eigenvalue weighted by Gasteiger charge is 2.47. The van der Waals surface area contributed by atoms with Crippen molar-refractivity contribution in [2.75, 3.05) is 20.3 Å². The topological polar surface area (TPSA) is 89.2 Å². The number of nitrogens with zero attached hydrogens (tertiary/aromatic N) is 1. The molecule has 1 unspecified atom stereocenters. The fraction of sp³-hybridized carbons (Fsp3) is 0.364. The van der Waals surface area contributed by atoms with Crippen molar-refractivity contribution in [1.82, 2.24) is 4.90 Å². The minimum absolute atomic E-state index is 0.000867. The van der Waals surface area contributed by atoms with Gasteiger partial charge in [-0.05, 0) is 57.2 Å². The molecule has 29 heavy (non-hydrogen) atoms. The maximum Gasteiger partial charge on any atom is 0.295 e. The zero-order chi connectivity index (χ0) is 21.1. The summed E-state index contributed by atoms with van der Waals surface area (Å²) in [6, 6.07) is 9.27. The number of benzene rings is 1. The van der Waals surface area contributed by atoms with E-state index >= 15 is 0 Å². The van der Waals surface area contributed by atoms with Gasteiger partial charge in [0, 0.05) is 12.1 Å². The Morgan fingerprint density at radius 2 is 1.86 bits per heavy atom. The molecule has 1 amide bonds. The molecule has 3 rings (SSSR count). The van der Waals surface area contributed by atoms with Crippen LogP contribution in [0.5, 0.6) is 5.75 Å². The first-order valence-electron chi connectivity index (χ1n) is 9.44. The second kappa shape index (κ2) is 8.53. The first kappa shape index (κ1) is 20.7. The predicted molar refractivity (Wildman–Crippen MR) is 107 cm³/mol. The summed E-state index contributed by atoms with van der Waals surface area (Å²) in [5, 5.41) is 10.9. The molecule has 1 aliphatic heterocycles. The standard InChI is InChI=1S/C22H25NO6/c1-13(2)28-12-11-23-19(17-10-5-14(3)29-17)18(21(25)22(23)26)20(24)15-6-8-16(27-4)9-7-15/h5-10,13,19,24H,11-12H2,1-4H3/b20-18-. The van der Waals surface area contributed by atoms with Crippen LogP contribution >= 0.6 is 0 Å². The number of hydrogen-bond acceptors (Lipinski definition) is 6. The Hall–Kier alpha value is -3.06. The number of Topliss-reactive ketones (excluding diaryl/α,β-unsaturated/α-hetero) is 1. The van der Waals surface area contributed by atoms with Crippen molar-refractivity contribution < 1.29 is 28.6 Å². The normalized spacial score (nSPS) is 18.7. The van der Waals surface area contributed by atoms with Gasteiger partial charge in [-0.1, -0.05) is 0 Å². The first-order valence-corrected chi connectivity index (χ1v) is 9.44. The fourth-order valence-corrected chi connectivity index (χ4v) is 3.30. The Balaban J connectivity index is 2.04. The van der Waals surface area contributed by atoms with Gasteiger partial charge in [0.25, 0.3) is 11.7 Å². The van der Waals surface area contributed by atoms with Crippen LogP contribution in [0.25, 0.3) is 5.76 Å². The largest absolute Gasteiger partial charge is 0.507 e. The summed E-state index contributed by atoms with van der Waals surface area (Å²) < 4.78 is 16.4. The summed E-state index contributed by atoms with van der Waals surface area (Å²) in [7, 11) is 1.54. The number of ketones is 1. The van der Waals surface area contributed by atoms with E-state index in [4.69, 9.17) is 13.9 Å². The lowest BCUT2D eigenvalue weighted by molar-refractivity contribution is -0.140. The number of methoxy groups -OCH3 is 1. The number of aliphatic hydroxyl groups is 1. The number of rotatable bonds is 7. The van der Waals surface area contributed by atoms with E-state index in [0.717, 1.165) is 0 Å². The van der Waals surface area contributed by atoms with Crippen molar-refractivity contribution in [2.45, 2.75) is 32.9 Å². The summed E-state index contributed by atoms with van der Waals surface area (Å²) in [4.78, 5) is 26.9. The van der Waals surface area contributed by atoms with Gasteiger partial charge in [0.1, 0.15) is 29.1 Å². The van der Waals surface area contributed by atoms with Crippen molar-refractivity contribution >= 4 is 17.4 Å². The average Bonchev–Trinajstić information content (AvgIpc) is 3.23. The Morgan fingerprint density at radius 1 is 1.17 bits per heavy atom. The fourth-order valence-electron chi connectivity index (χ4n) is 3.30. The molecule has 1 atom stereocenters. The van der Waals surface area contributed by atoms with Crippen LogP contribution in [0.15, 0.2) is 46.4 Å². The number of carbonyl (C=O) groups excluding carboxylic acids is 2. The first-order chi connectivity index (χ1) is 13.8. The molecule has 7 heteroatoms. The zero-order valence-electron chi connectivity index (χ0n) is 17.0. The molecule has 1 aromatic heterocycles. The molecule has 0 saturated carbocycles. The Bertz CT molecular complexity index is 925. The lowest BCUT2D eigenvalue weighted by Crippen LogP contribution is -2.33. The van der Waals surface area contributed by atoms with Crippen molar-refractivity contribution in [3.63, 3.8) is 0 Å². The minimum atomic E-state index is -0.818. The van der Waals surface area contributed by atoms with Crippen LogP contribution in [0, 0.1) is 6.92 Å². The van der Waals surface area contributed by atoms with E-state index in [1.807, 2.05) is 13.8 Å². The monoisotopic (exact) mass is 399 g/mol. The lowest BCUT2D eigenvalue weighted by atomic mass is 9.99. The number of aliphatic hydroxyl groups excluding tert-OH is 1. The van der Waals surface area contributed by atoms with Gasteiger partial charge in [0.2, 0.25) is 0 Å². The third-order valence-corrected chi connectivity index (χ3v) is 4.72. The van der Waals surface area contributed by atoms with E-state index in [1.54, 1.807) is 50.4 Å². The van der Waals surface area contributed by atoms with Crippen LogP contribution in [0.4, 0.5) is 0 Å². The molecule has 2 heterocycles. The van der Waals surface area contributed by atoms with Gasteiger partial charge in [-0.3, -0.25) is 9.59 Å². The number of likely N-dealkylation sites (tertiary alicyclic amines) is 1. The van der Waals surface area contributed by atoms with Crippen LogP contribution < -0.4 is 4.74 Å². The van der Waals surface area contributed by atoms with E-state index in [9.17, 15) is 14.7 Å². The summed E-state index contributed by atoms with van der Waals surface area (Å²) in [6.45, 7) is 6.04. The van der Waals surface area contributed by atoms with E-state index in [-0.39, 0.29) is 30.6 Å². The smallest absolute Gasteiger partial charge is 0.295 e. The SMILES string of the molecule is COc1ccc(/C(O)=C2/C(=O)C(=O)N(CCOC(C)C)C2c2ccc(C)o2)cc1. The van der Waals surface area contributed by atoms with Crippen LogP contribution in [0.3, 0.4) is 0 Å². The van der Waals surface area contributed by atoms with Crippen molar-refractivity contribution in [2.24, 2.45) is 0 Å². The summed E-state index contributed by atoms with van der Waals surface area (Å²) >= 11 is 0. The van der Waals surface area contributed by atoms with E-state index in [1.165, 1.54) is 4.90 Å². The molecule has 0 bridgehead atoms. The lowest BCUT2D eigenvalue weighted by Gasteiger charge is -2.23.